The van der Waals surface area contributed by atoms with Crippen LogP contribution in [-0.4, -0.2) is 53.2 Å². The lowest BCUT2D eigenvalue weighted by molar-refractivity contribution is -0.275. The van der Waals surface area contributed by atoms with Crippen molar-refractivity contribution < 1.29 is 41.7 Å². The highest BCUT2D eigenvalue weighted by molar-refractivity contribution is 5.89. The van der Waals surface area contributed by atoms with E-state index in [-0.39, 0.29) is 0 Å². The quantitative estimate of drug-likeness (QED) is 0.578. The Morgan fingerprint density at radius 3 is 2.22 bits per heavy atom. The Bertz CT molecular complexity index is 859. The van der Waals surface area contributed by atoms with E-state index in [1.807, 2.05) is 6.92 Å². The average molecular weight is 464 g/mol. The number of likely N-dealkylation sites (tertiary alicyclic amines) is 1. The first-order valence-corrected chi connectivity index (χ1v) is 10.1. The van der Waals surface area contributed by atoms with Gasteiger partial charge in [-0.05, 0) is 58.1 Å². The van der Waals surface area contributed by atoms with E-state index in [0.717, 1.165) is 6.07 Å². The van der Waals surface area contributed by atoms with E-state index in [1.165, 1.54) is 0 Å². The summed E-state index contributed by atoms with van der Waals surface area (Å²) in [6.07, 6.45) is -4.61. The number of anilines is 1. The van der Waals surface area contributed by atoms with Crippen LogP contribution in [0.5, 0.6) is 5.75 Å². The molecule has 1 fully saturated rings. The zero-order valence-corrected chi connectivity index (χ0v) is 18.6. The van der Waals surface area contributed by atoms with Crippen LogP contribution >= 0.6 is 0 Å². The summed E-state index contributed by atoms with van der Waals surface area (Å²) in [5, 5.41) is 11.9. The van der Waals surface area contributed by atoms with E-state index in [2.05, 4.69) is 10.1 Å². The lowest BCUT2D eigenvalue weighted by Gasteiger charge is -2.43. The molecule has 0 aromatic heterocycles. The van der Waals surface area contributed by atoms with Crippen molar-refractivity contribution in [2.24, 2.45) is 5.41 Å². The number of carbonyl (C=O) groups excluding carboxylic acids is 1. The second kappa shape index (κ2) is 9.03. The molecular formula is C21H28F4N2O5. The Hall–Kier alpha value is -2.72. The fraction of sp³-hybridized carbons (Fsp3) is 0.619. The Labute approximate surface area is 183 Å². The topological polar surface area (TPSA) is 88.1 Å². The summed E-state index contributed by atoms with van der Waals surface area (Å²) in [7, 11) is 0. The number of piperidine rings is 1. The predicted molar refractivity (Wildman–Crippen MR) is 108 cm³/mol. The van der Waals surface area contributed by atoms with Crippen LogP contribution in [-0.2, 0) is 4.74 Å². The summed E-state index contributed by atoms with van der Waals surface area (Å²) >= 11 is 0. The Kier molecular flexibility index (Phi) is 7.21. The van der Waals surface area contributed by atoms with Crippen molar-refractivity contribution in [2.45, 2.75) is 65.5 Å². The predicted octanol–water partition coefficient (Wildman–Crippen LogP) is 5.26. The molecule has 1 aromatic rings. The number of rotatable bonds is 5. The SMILES string of the molecule is CC(Nc1cc(C(=O)O)cc(F)c1OC(F)(F)F)C1(C)CCN(C(=O)OC(C)(C)C)CC1. The second-order valence-corrected chi connectivity index (χ2v) is 9.18. The molecule has 1 atom stereocenters. The number of ether oxygens (including phenoxy) is 2. The zero-order valence-electron chi connectivity index (χ0n) is 18.6. The Morgan fingerprint density at radius 1 is 1.19 bits per heavy atom. The molecule has 1 aliphatic heterocycles. The van der Waals surface area contributed by atoms with Gasteiger partial charge in [-0.2, -0.15) is 0 Å². The molecule has 1 aliphatic rings. The molecule has 180 valence electrons. The first-order valence-electron chi connectivity index (χ1n) is 10.1. The van der Waals surface area contributed by atoms with E-state index in [4.69, 9.17) is 9.84 Å². The number of alkyl halides is 3. The van der Waals surface area contributed by atoms with Crippen molar-refractivity contribution in [3.63, 3.8) is 0 Å². The van der Waals surface area contributed by atoms with E-state index < -0.39 is 58.3 Å². The van der Waals surface area contributed by atoms with Crippen molar-refractivity contribution >= 4 is 17.7 Å². The van der Waals surface area contributed by atoms with Gasteiger partial charge in [-0.1, -0.05) is 6.92 Å². The number of carbonyl (C=O) groups is 2. The van der Waals surface area contributed by atoms with Crippen molar-refractivity contribution in [3.8, 4) is 5.75 Å². The lowest BCUT2D eigenvalue weighted by atomic mass is 9.74. The number of nitrogens with one attached hydrogen (secondary N) is 1. The van der Waals surface area contributed by atoms with Crippen LogP contribution in [0.4, 0.5) is 28.0 Å². The molecule has 2 N–H and O–H groups in total. The van der Waals surface area contributed by atoms with Gasteiger partial charge in [0.2, 0.25) is 0 Å². The molecule has 32 heavy (non-hydrogen) atoms. The van der Waals surface area contributed by atoms with Gasteiger partial charge in [0.15, 0.2) is 11.6 Å². The van der Waals surface area contributed by atoms with Gasteiger partial charge in [-0.15, -0.1) is 13.2 Å². The third-order valence-corrected chi connectivity index (χ3v) is 5.48. The Morgan fingerprint density at radius 2 is 1.75 bits per heavy atom. The normalized spacial score (nSPS) is 17.5. The first kappa shape index (κ1) is 25.5. The molecule has 0 radical (unpaired) electrons. The molecule has 1 amide bonds. The van der Waals surface area contributed by atoms with Crippen LogP contribution in [0.1, 0.15) is 57.8 Å². The number of carboxylic acid groups (broad SMARTS) is 1. The van der Waals surface area contributed by atoms with Crippen LogP contribution in [0.25, 0.3) is 0 Å². The molecule has 11 heteroatoms. The number of carboxylic acids is 1. The van der Waals surface area contributed by atoms with Crippen molar-refractivity contribution in [1.29, 1.82) is 0 Å². The summed E-state index contributed by atoms with van der Waals surface area (Å²) in [4.78, 5) is 25.1. The number of amides is 1. The molecule has 0 aliphatic carbocycles. The highest BCUT2D eigenvalue weighted by atomic mass is 19.4. The van der Waals surface area contributed by atoms with Crippen molar-refractivity contribution in [2.75, 3.05) is 18.4 Å². The summed E-state index contributed by atoms with van der Waals surface area (Å²) in [5.41, 5.74) is -2.05. The molecule has 2 rings (SSSR count). The van der Waals surface area contributed by atoms with Crippen LogP contribution in [0, 0.1) is 11.2 Å². The maximum absolute atomic E-state index is 14.3. The standard InChI is InChI=1S/C21H28F4N2O5/c1-12(20(5)6-8-27(9-7-20)18(30)32-19(2,3)4)26-15-11-13(17(28)29)10-14(22)16(15)31-21(23,24)25/h10-12,26H,6-9H2,1-5H3,(H,28,29). The highest BCUT2D eigenvalue weighted by Crippen LogP contribution is 2.40. The van der Waals surface area contributed by atoms with Gasteiger partial charge < -0.3 is 24.8 Å². The maximum Gasteiger partial charge on any atom is 0.573 e. The summed E-state index contributed by atoms with van der Waals surface area (Å²) in [5.74, 6) is -4.05. The number of benzene rings is 1. The third-order valence-electron chi connectivity index (χ3n) is 5.48. The van der Waals surface area contributed by atoms with Gasteiger partial charge in [0, 0.05) is 19.1 Å². The maximum atomic E-state index is 14.3. The van der Waals surface area contributed by atoms with E-state index in [1.54, 1.807) is 32.6 Å². The summed E-state index contributed by atoms with van der Waals surface area (Å²) in [6.45, 7) is 9.60. The van der Waals surface area contributed by atoms with Gasteiger partial charge >= 0.3 is 18.4 Å². The largest absolute Gasteiger partial charge is 0.573 e. The second-order valence-electron chi connectivity index (χ2n) is 9.18. The minimum Gasteiger partial charge on any atom is -0.478 e. The monoisotopic (exact) mass is 464 g/mol. The average Bonchev–Trinajstić information content (AvgIpc) is 2.62. The third kappa shape index (κ3) is 6.64. The zero-order chi connectivity index (χ0) is 24.5. The lowest BCUT2D eigenvalue weighted by Crippen LogP contribution is -2.49. The van der Waals surface area contributed by atoms with Gasteiger partial charge in [-0.3, -0.25) is 0 Å². The number of halogens is 4. The molecule has 1 unspecified atom stereocenters. The van der Waals surface area contributed by atoms with Gasteiger partial charge in [0.05, 0.1) is 11.3 Å². The highest BCUT2D eigenvalue weighted by Gasteiger charge is 2.39. The number of aromatic carboxylic acids is 1. The minimum atomic E-state index is -5.16. The van der Waals surface area contributed by atoms with E-state index in [9.17, 15) is 27.2 Å². The van der Waals surface area contributed by atoms with Crippen molar-refractivity contribution in [3.05, 3.63) is 23.5 Å². The van der Waals surface area contributed by atoms with Crippen LogP contribution in [0.3, 0.4) is 0 Å². The molecule has 0 spiro atoms. The molecule has 1 heterocycles. The van der Waals surface area contributed by atoms with Crippen LogP contribution < -0.4 is 10.1 Å². The van der Waals surface area contributed by atoms with Gasteiger partial charge in [0.25, 0.3) is 0 Å². The minimum absolute atomic E-state index is 0.368. The fourth-order valence-electron chi connectivity index (χ4n) is 3.41. The molecule has 1 aromatic carbocycles. The van der Waals surface area contributed by atoms with Crippen molar-refractivity contribution in [1.82, 2.24) is 4.90 Å². The Balaban J connectivity index is 2.20. The molecule has 7 nitrogen and oxygen atoms in total. The first-order chi connectivity index (χ1) is 14.5. The number of hydrogen-bond acceptors (Lipinski definition) is 5. The number of hydrogen-bond donors (Lipinski definition) is 2. The number of nitrogens with zero attached hydrogens (tertiary/aromatic N) is 1. The molecule has 1 saturated heterocycles. The van der Waals surface area contributed by atoms with Crippen LogP contribution in [0.15, 0.2) is 12.1 Å². The van der Waals surface area contributed by atoms with E-state index >= 15 is 0 Å². The van der Waals surface area contributed by atoms with Gasteiger partial charge in [0.1, 0.15) is 5.60 Å². The molecular weight excluding hydrogens is 436 g/mol. The molecule has 0 bridgehead atoms. The summed E-state index contributed by atoms with van der Waals surface area (Å²) in [6, 6.07) is 0.880. The molecule has 0 saturated carbocycles. The smallest absolute Gasteiger partial charge is 0.478 e. The summed E-state index contributed by atoms with van der Waals surface area (Å²) < 4.78 is 61.8. The fourth-order valence-corrected chi connectivity index (χ4v) is 3.41. The van der Waals surface area contributed by atoms with Gasteiger partial charge in [-0.25, -0.2) is 14.0 Å². The van der Waals surface area contributed by atoms with Crippen LogP contribution in [0.2, 0.25) is 0 Å². The van der Waals surface area contributed by atoms with E-state index in [0.29, 0.717) is 32.0 Å².